The Bertz CT molecular complexity index is 1250. The highest BCUT2D eigenvalue weighted by Crippen LogP contribution is 2.37. The first-order valence-electron chi connectivity index (χ1n) is 9.01. The number of nitrogens with zero attached hydrogens (tertiary/aromatic N) is 2. The van der Waals surface area contributed by atoms with Gasteiger partial charge in [-0.2, -0.15) is 0 Å². The molecular weight excluding hydrogens is 358 g/mol. The molecule has 1 atom stereocenters. The summed E-state index contributed by atoms with van der Waals surface area (Å²) in [4.78, 5) is 33.3. The van der Waals surface area contributed by atoms with Crippen molar-refractivity contribution in [3.8, 4) is 0 Å². The summed E-state index contributed by atoms with van der Waals surface area (Å²) in [6.45, 7) is 2.27. The molecule has 2 aromatic heterocycles. The fraction of sp³-hybridized carbons (Fsp3) is 0.190. The molecule has 5 rings (SSSR count). The van der Waals surface area contributed by atoms with Gasteiger partial charge in [0, 0.05) is 18.5 Å². The molecule has 28 heavy (non-hydrogen) atoms. The van der Waals surface area contributed by atoms with Crippen molar-refractivity contribution in [2.45, 2.75) is 25.9 Å². The SMILES string of the molecule is Cc1ocnc1CC1c2ccccc2C(=O)N1Cc1ccc2[nH]c(=O)oc2c1. The van der Waals surface area contributed by atoms with Crippen molar-refractivity contribution in [3.63, 3.8) is 0 Å². The van der Waals surface area contributed by atoms with Crippen molar-refractivity contribution in [2.24, 2.45) is 0 Å². The maximum absolute atomic E-state index is 13.1. The normalized spacial score (nSPS) is 16.1. The van der Waals surface area contributed by atoms with Gasteiger partial charge < -0.3 is 13.7 Å². The molecule has 3 heterocycles. The molecule has 0 fully saturated rings. The van der Waals surface area contributed by atoms with Crippen LogP contribution >= 0.6 is 0 Å². The number of hydrogen-bond donors (Lipinski definition) is 1. The molecule has 0 aliphatic carbocycles. The number of benzene rings is 2. The average molecular weight is 375 g/mol. The van der Waals surface area contributed by atoms with Crippen LogP contribution in [0.5, 0.6) is 0 Å². The monoisotopic (exact) mass is 375 g/mol. The number of rotatable bonds is 4. The Morgan fingerprint density at radius 2 is 2.04 bits per heavy atom. The second-order valence-electron chi connectivity index (χ2n) is 6.94. The number of oxazole rings is 2. The van der Waals surface area contributed by atoms with Gasteiger partial charge >= 0.3 is 5.76 Å². The number of nitrogens with one attached hydrogen (secondary N) is 1. The topological polar surface area (TPSA) is 92.3 Å². The number of carbonyl (C=O) groups is 1. The Kier molecular flexibility index (Phi) is 3.68. The predicted octanol–water partition coefficient (Wildman–Crippen LogP) is 3.36. The van der Waals surface area contributed by atoms with Gasteiger partial charge in [0.1, 0.15) is 5.76 Å². The molecule has 0 saturated heterocycles. The van der Waals surface area contributed by atoms with Crippen molar-refractivity contribution in [1.29, 1.82) is 0 Å². The van der Waals surface area contributed by atoms with Gasteiger partial charge in [0.2, 0.25) is 0 Å². The average Bonchev–Trinajstić information content (AvgIpc) is 3.34. The smallest absolute Gasteiger partial charge is 0.417 e. The van der Waals surface area contributed by atoms with Crippen molar-refractivity contribution in [3.05, 3.63) is 87.6 Å². The van der Waals surface area contributed by atoms with Crippen molar-refractivity contribution < 1.29 is 13.6 Å². The molecule has 1 aliphatic heterocycles. The van der Waals surface area contributed by atoms with Gasteiger partial charge in [-0.25, -0.2) is 9.78 Å². The van der Waals surface area contributed by atoms with Crippen LogP contribution in [0.2, 0.25) is 0 Å². The van der Waals surface area contributed by atoms with E-state index in [0.29, 0.717) is 29.6 Å². The van der Waals surface area contributed by atoms with E-state index in [1.165, 1.54) is 6.39 Å². The van der Waals surface area contributed by atoms with Crippen molar-refractivity contribution in [1.82, 2.24) is 14.9 Å². The first kappa shape index (κ1) is 16.6. The lowest BCUT2D eigenvalue weighted by Gasteiger charge is -2.25. The number of amides is 1. The fourth-order valence-corrected chi connectivity index (χ4v) is 3.84. The molecule has 140 valence electrons. The van der Waals surface area contributed by atoms with Crippen molar-refractivity contribution >= 4 is 17.0 Å². The van der Waals surface area contributed by atoms with Gasteiger partial charge in [-0.15, -0.1) is 0 Å². The van der Waals surface area contributed by atoms with Crippen LogP contribution in [0.15, 0.2) is 62.5 Å². The van der Waals surface area contributed by atoms with E-state index in [2.05, 4.69) is 9.97 Å². The van der Waals surface area contributed by atoms with E-state index in [1.54, 1.807) is 12.1 Å². The molecular formula is C21H17N3O4. The van der Waals surface area contributed by atoms with Gasteiger partial charge in [0.05, 0.1) is 17.3 Å². The lowest BCUT2D eigenvalue weighted by molar-refractivity contribution is 0.0708. The lowest BCUT2D eigenvalue weighted by Crippen LogP contribution is -2.29. The van der Waals surface area contributed by atoms with Gasteiger partial charge in [-0.3, -0.25) is 9.78 Å². The number of aryl methyl sites for hydroxylation is 1. The number of aromatic nitrogens is 2. The molecule has 0 spiro atoms. The van der Waals surface area contributed by atoms with Gasteiger partial charge in [-0.05, 0) is 36.2 Å². The summed E-state index contributed by atoms with van der Waals surface area (Å²) in [5.41, 5.74) is 4.55. The highest BCUT2D eigenvalue weighted by molar-refractivity contribution is 5.99. The number of aromatic amines is 1. The number of fused-ring (bicyclic) bond motifs is 2. The minimum atomic E-state index is -0.490. The number of carbonyl (C=O) groups excluding carboxylic acids is 1. The zero-order valence-corrected chi connectivity index (χ0v) is 15.1. The Labute approximate surface area is 159 Å². The van der Waals surface area contributed by atoms with E-state index in [1.807, 2.05) is 42.2 Å². The summed E-state index contributed by atoms with van der Waals surface area (Å²) in [6, 6.07) is 13.0. The third-order valence-corrected chi connectivity index (χ3v) is 5.26. The minimum absolute atomic E-state index is 0.0163. The molecule has 4 aromatic rings. The van der Waals surface area contributed by atoms with Crippen LogP contribution in [0.25, 0.3) is 11.1 Å². The zero-order valence-electron chi connectivity index (χ0n) is 15.1. The highest BCUT2D eigenvalue weighted by atomic mass is 16.4. The van der Waals surface area contributed by atoms with Gasteiger partial charge in [0.25, 0.3) is 5.91 Å². The van der Waals surface area contributed by atoms with E-state index in [0.717, 1.165) is 22.6 Å². The van der Waals surface area contributed by atoms with E-state index in [-0.39, 0.29) is 11.9 Å². The summed E-state index contributed by atoms with van der Waals surface area (Å²) in [6.07, 6.45) is 2.01. The molecule has 7 nitrogen and oxygen atoms in total. The third kappa shape index (κ3) is 2.63. The summed E-state index contributed by atoms with van der Waals surface area (Å²) < 4.78 is 10.5. The second-order valence-corrected chi connectivity index (χ2v) is 6.94. The first-order chi connectivity index (χ1) is 13.6. The number of hydrogen-bond acceptors (Lipinski definition) is 5. The lowest BCUT2D eigenvalue weighted by atomic mass is 10.00. The molecule has 0 saturated carbocycles. The molecule has 1 unspecified atom stereocenters. The highest BCUT2D eigenvalue weighted by Gasteiger charge is 2.37. The molecule has 1 aliphatic rings. The predicted molar refractivity (Wildman–Crippen MR) is 101 cm³/mol. The maximum atomic E-state index is 13.1. The fourth-order valence-electron chi connectivity index (χ4n) is 3.84. The van der Waals surface area contributed by atoms with Crippen LogP contribution < -0.4 is 5.76 Å². The Morgan fingerprint density at radius 1 is 1.18 bits per heavy atom. The standard InChI is InChI=1S/C21H17N3O4/c1-12-17(22-11-27-12)9-18-14-4-2-3-5-15(14)20(25)24(18)10-13-6-7-16-19(8-13)28-21(26)23-16/h2-8,11,18H,9-10H2,1H3,(H,23,26). The Morgan fingerprint density at radius 3 is 2.86 bits per heavy atom. The van der Waals surface area contributed by atoms with Crippen LogP contribution in [0.1, 0.15) is 39.0 Å². The zero-order chi connectivity index (χ0) is 19.3. The maximum Gasteiger partial charge on any atom is 0.417 e. The van der Waals surface area contributed by atoms with Crippen LogP contribution in [0, 0.1) is 6.92 Å². The minimum Gasteiger partial charge on any atom is -0.449 e. The van der Waals surface area contributed by atoms with Crippen LogP contribution in [-0.2, 0) is 13.0 Å². The Balaban J connectivity index is 1.52. The van der Waals surface area contributed by atoms with E-state index >= 15 is 0 Å². The molecule has 2 aromatic carbocycles. The second kappa shape index (κ2) is 6.23. The van der Waals surface area contributed by atoms with Crippen molar-refractivity contribution in [2.75, 3.05) is 0 Å². The molecule has 7 heteroatoms. The van der Waals surface area contributed by atoms with Gasteiger partial charge in [0.15, 0.2) is 12.0 Å². The quantitative estimate of drug-likeness (QED) is 0.590. The van der Waals surface area contributed by atoms with Gasteiger partial charge in [-0.1, -0.05) is 24.3 Å². The van der Waals surface area contributed by atoms with Crippen LogP contribution in [-0.4, -0.2) is 20.8 Å². The summed E-state index contributed by atoms with van der Waals surface area (Å²) in [5, 5.41) is 0. The summed E-state index contributed by atoms with van der Waals surface area (Å²) >= 11 is 0. The molecule has 0 bridgehead atoms. The Hall–Kier alpha value is -3.61. The van der Waals surface area contributed by atoms with E-state index < -0.39 is 5.76 Å². The third-order valence-electron chi connectivity index (χ3n) is 5.26. The largest absolute Gasteiger partial charge is 0.449 e. The van der Waals surface area contributed by atoms with Crippen LogP contribution in [0.4, 0.5) is 0 Å². The number of H-pyrrole nitrogens is 1. The molecule has 1 amide bonds. The van der Waals surface area contributed by atoms with Crippen LogP contribution in [0.3, 0.4) is 0 Å². The molecule has 1 N–H and O–H groups in total. The first-order valence-corrected chi connectivity index (χ1v) is 9.01. The van der Waals surface area contributed by atoms with E-state index in [9.17, 15) is 9.59 Å². The van der Waals surface area contributed by atoms with E-state index in [4.69, 9.17) is 8.83 Å². The molecule has 0 radical (unpaired) electrons. The summed E-state index contributed by atoms with van der Waals surface area (Å²) in [5.74, 6) is 0.251. The summed E-state index contributed by atoms with van der Waals surface area (Å²) in [7, 11) is 0.